The monoisotopic (exact) mass is 516 g/mol. The largest absolute Gasteiger partial charge is 0.369 e. The number of benzene rings is 2. The maximum atomic E-state index is 13.3. The minimum Gasteiger partial charge on any atom is -0.369 e. The summed E-state index contributed by atoms with van der Waals surface area (Å²) in [5.74, 6) is 0.308. The average Bonchev–Trinajstić information content (AvgIpc) is 3.39. The van der Waals surface area contributed by atoms with Crippen molar-refractivity contribution in [2.24, 2.45) is 20.4 Å². The lowest BCUT2D eigenvalue weighted by Gasteiger charge is -2.28. The molecule has 0 spiro atoms. The van der Waals surface area contributed by atoms with E-state index < -0.39 is 30.0 Å². The van der Waals surface area contributed by atoms with Crippen molar-refractivity contribution in [3.05, 3.63) is 35.9 Å². The molecule has 5 N–H and O–H groups in total. The Morgan fingerprint density at radius 1 is 1.11 bits per heavy atom. The third-order valence-corrected chi connectivity index (χ3v) is 9.40. The zero-order chi connectivity index (χ0) is 25.0. The van der Waals surface area contributed by atoms with Crippen LogP contribution in [0.25, 0.3) is 22.2 Å². The lowest BCUT2D eigenvalue weighted by atomic mass is 9.97. The van der Waals surface area contributed by atoms with E-state index in [0.29, 0.717) is 29.1 Å². The number of sulfone groups is 1. The fraction of sp³-hybridized carbons (Fsp3) is 0.333. The fourth-order valence-corrected chi connectivity index (χ4v) is 7.56. The maximum Gasteiger partial charge on any atom is 0.240 e. The number of sulfonamides is 1. The predicted octanol–water partition coefficient (Wildman–Crippen LogP) is 1.26. The Balaban J connectivity index is 1.87. The second-order valence-electron chi connectivity index (χ2n) is 8.35. The first-order valence-electron chi connectivity index (χ1n) is 11.0. The molecule has 2 aliphatic rings. The molecule has 0 unspecified atom stereocenters. The standard InChI is InChI=1S/C21H24N8O4S2/c1-2-8-29-15-5-3-4-14(18(15)27-21(29)22)13-6-7-16(34(30,31)12-9-24-10-12)19(35(23,32)33)17(13)20-25-11-26-28-20/h3-7,12,24H,2,8-11H2,1H3,(H2,22,27)(H2,23,32,33). The Kier molecular flexibility index (Phi) is 5.70. The number of nitrogens with zero attached hydrogens (tertiary/aromatic N) is 5. The first-order valence-corrected chi connectivity index (χ1v) is 14.1. The summed E-state index contributed by atoms with van der Waals surface area (Å²) in [6.07, 6.45) is 0.834. The number of aromatic nitrogens is 2. The van der Waals surface area contributed by atoms with E-state index in [1.807, 2.05) is 17.6 Å². The summed E-state index contributed by atoms with van der Waals surface area (Å²) in [6, 6.07) is 8.25. The molecule has 35 heavy (non-hydrogen) atoms. The number of nitrogen functional groups attached to an aromatic ring is 1. The first kappa shape index (κ1) is 23.5. The number of imidazole rings is 1. The van der Waals surface area contributed by atoms with Gasteiger partial charge in [0, 0.05) is 25.2 Å². The van der Waals surface area contributed by atoms with Crippen molar-refractivity contribution in [3.63, 3.8) is 0 Å². The van der Waals surface area contributed by atoms with Gasteiger partial charge in [-0.2, -0.15) is 5.11 Å². The average molecular weight is 517 g/mol. The summed E-state index contributed by atoms with van der Waals surface area (Å²) >= 11 is 0. The van der Waals surface area contributed by atoms with Crippen LogP contribution in [-0.4, -0.2) is 57.2 Å². The van der Waals surface area contributed by atoms with E-state index in [0.717, 1.165) is 11.9 Å². The third-order valence-electron chi connectivity index (χ3n) is 6.11. The van der Waals surface area contributed by atoms with Crippen molar-refractivity contribution >= 4 is 42.7 Å². The van der Waals surface area contributed by atoms with Crippen LogP contribution < -0.4 is 16.2 Å². The fourth-order valence-electron chi connectivity index (χ4n) is 4.38. The van der Waals surface area contributed by atoms with Gasteiger partial charge >= 0.3 is 0 Å². The number of amidine groups is 1. The van der Waals surface area contributed by atoms with E-state index in [2.05, 4.69) is 25.5 Å². The number of nitrogens with two attached hydrogens (primary N) is 2. The number of aryl methyl sites for hydroxylation is 1. The van der Waals surface area contributed by atoms with Crippen molar-refractivity contribution in [2.75, 3.05) is 25.5 Å². The molecule has 0 aliphatic carbocycles. The smallest absolute Gasteiger partial charge is 0.240 e. The second-order valence-corrected chi connectivity index (χ2v) is 12.0. The van der Waals surface area contributed by atoms with E-state index in [1.54, 1.807) is 18.2 Å². The molecular weight excluding hydrogens is 492 g/mol. The topological polar surface area (TPSA) is 187 Å². The molecule has 1 aromatic heterocycles. The van der Waals surface area contributed by atoms with Crippen LogP contribution in [0.5, 0.6) is 0 Å². The number of anilines is 1. The first-order chi connectivity index (χ1) is 16.6. The highest BCUT2D eigenvalue weighted by Gasteiger charge is 2.39. The van der Waals surface area contributed by atoms with Gasteiger partial charge in [0.25, 0.3) is 0 Å². The van der Waals surface area contributed by atoms with Gasteiger partial charge in [-0.25, -0.2) is 32.0 Å². The summed E-state index contributed by atoms with van der Waals surface area (Å²) in [5.41, 5.74) is 8.37. The van der Waals surface area contributed by atoms with Crippen LogP contribution >= 0.6 is 0 Å². The normalized spacial score (nSPS) is 16.6. The number of azo groups is 1. The molecule has 2 aliphatic heterocycles. The molecule has 184 valence electrons. The quantitative estimate of drug-likeness (QED) is 0.421. The van der Waals surface area contributed by atoms with Crippen LogP contribution in [0.2, 0.25) is 0 Å². The van der Waals surface area contributed by atoms with Gasteiger partial charge in [-0.05, 0) is 24.1 Å². The van der Waals surface area contributed by atoms with Crippen molar-refractivity contribution in [1.82, 2.24) is 14.9 Å². The third kappa shape index (κ3) is 3.82. The van der Waals surface area contributed by atoms with Crippen LogP contribution in [-0.2, 0) is 26.4 Å². The SMILES string of the molecule is CCCn1c(N)nc2c(-c3ccc(S(=O)(=O)C4CNC4)c(S(N)(=O)=O)c3C3=NCN=N3)cccc21. The number of aliphatic imine (C=N–C) groups is 1. The Morgan fingerprint density at radius 2 is 1.89 bits per heavy atom. The summed E-state index contributed by atoms with van der Waals surface area (Å²) in [6.45, 7) is 3.10. The van der Waals surface area contributed by atoms with Gasteiger partial charge in [0.05, 0.1) is 26.7 Å². The van der Waals surface area contributed by atoms with Crippen LogP contribution in [0.4, 0.5) is 5.95 Å². The number of nitrogens with one attached hydrogen (secondary N) is 1. The van der Waals surface area contributed by atoms with Gasteiger partial charge in [-0.1, -0.05) is 25.1 Å². The zero-order valence-corrected chi connectivity index (χ0v) is 20.5. The Labute approximate surface area is 202 Å². The van der Waals surface area contributed by atoms with Crippen LogP contribution in [0.15, 0.2) is 55.3 Å². The molecule has 14 heteroatoms. The molecule has 3 aromatic rings. The van der Waals surface area contributed by atoms with Crippen molar-refractivity contribution < 1.29 is 16.8 Å². The molecule has 0 amide bonds. The van der Waals surface area contributed by atoms with Crippen molar-refractivity contribution in [1.29, 1.82) is 0 Å². The van der Waals surface area contributed by atoms with Crippen molar-refractivity contribution in [2.45, 2.75) is 34.9 Å². The number of fused-ring (bicyclic) bond motifs is 1. The highest BCUT2D eigenvalue weighted by molar-refractivity contribution is 7.94. The lowest BCUT2D eigenvalue weighted by molar-refractivity contribution is 0.493. The molecule has 5 rings (SSSR count). The molecule has 12 nitrogen and oxygen atoms in total. The number of hydrogen-bond acceptors (Lipinski definition) is 10. The molecule has 3 heterocycles. The van der Waals surface area contributed by atoms with Gasteiger partial charge in [-0.15, -0.1) is 5.11 Å². The molecule has 0 atom stereocenters. The van der Waals surface area contributed by atoms with E-state index in [1.165, 1.54) is 6.07 Å². The van der Waals surface area contributed by atoms with E-state index >= 15 is 0 Å². The van der Waals surface area contributed by atoms with Gasteiger partial charge in [0.1, 0.15) is 4.90 Å². The van der Waals surface area contributed by atoms with Crippen LogP contribution in [0.1, 0.15) is 18.9 Å². The van der Waals surface area contributed by atoms with Gasteiger partial charge in [0.15, 0.2) is 22.3 Å². The summed E-state index contributed by atoms with van der Waals surface area (Å²) in [5, 5.41) is 15.6. The van der Waals surface area contributed by atoms with Crippen LogP contribution in [0.3, 0.4) is 0 Å². The Bertz CT molecular complexity index is 1620. The van der Waals surface area contributed by atoms with Gasteiger partial charge < -0.3 is 15.6 Å². The number of hydrogen-bond donors (Lipinski definition) is 3. The van der Waals surface area contributed by atoms with Crippen molar-refractivity contribution in [3.8, 4) is 11.1 Å². The maximum absolute atomic E-state index is 13.3. The minimum absolute atomic E-state index is 0.00854. The van der Waals surface area contributed by atoms with Gasteiger partial charge in [0.2, 0.25) is 16.0 Å². The highest BCUT2D eigenvalue weighted by Crippen LogP contribution is 2.39. The minimum atomic E-state index is -4.53. The van der Waals surface area contributed by atoms with Crippen LogP contribution in [0, 0.1) is 0 Å². The Hall–Kier alpha value is -3.20. The molecule has 2 aromatic carbocycles. The summed E-state index contributed by atoms with van der Waals surface area (Å²) < 4.78 is 54.4. The zero-order valence-electron chi connectivity index (χ0n) is 18.8. The van der Waals surface area contributed by atoms with Gasteiger partial charge in [-0.3, -0.25) is 0 Å². The highest BCUT2D eigenvalue weighted by atomic mass is 32.2. The number of rotatable bonds is 7. The number of para-hydroxylation sites is 1. The Morgan fingerprint density at radius 3 is 2.49 bits per heavy atom. The molecule has 0 radical (unpaired) electrons. The van der Waals surface area contributed by atoms with E-state index in [-0.39, 0.29) is 36.1 Å². The molecule has 0 saturated carbocycles. The molecular formula is C21H24N8O4S2. The molecule has 1 fully saturated rings. The predicted molar refractivity (Wildman–Crippen MR) is 131 cm³/mol. The summed E-state index contributed by atoms with van der Waals surface area (Å²) in [7, 11) is -8.54. The van der Waals surface area contributed by atoms with E-state index in [4.69, 9.17) is 10.9 Å². The number of primary sulfonamides is 1. The lowest BCUT2D eigenvalue weighted by Crippen LogP contribution is -2.51. The van der Waals surface area contributed by atoms with E-state index in [9.17, 15) is 16.8 Å². The second kappa shape index (κ2) is 8.48. The molecule has 0 bridgehead atoms. The summed E-state index contributed by atoms with van der Waals surface area (Å²) in [4.78, 5) is 7.82. The molecule has 1 saturated heterocycles.